The van der Waals surface area contributed by atoms with Crippen molar-refractivity contribution >= 4 is 15.7 Å². The number of rotatable bonds is 4. The molecule has 0 heterocycles. The van der Waals surface area contributed by atoms with E-state index in [0.29, 0.717) is 5.69 Å². The average Bonchev–Trinajstić information content (AvgIpc) is 2.47. The fraction of sp³-hybridized carbons (Fsp3) is 0.200. The van der Waals surface area contributed by atoms with Crippen molar-refractivity contribution in [3.8, 4) is 0 Å². The Labute approximate surface area is 123 Å². The highest BCUT2D eigenvalue weighted by Gasteiger charge is 2.23. The van der Waals surface area contributed by atoms with Gasteiger partial charge >= 0.3 is 0 Å². The van der Waals surface area contributed by atoms with Gasteiger partial charge in [-0.3, -0.25) is 4.31 Å². The molecule has 0 aliphatic rings. The Kier molecular flexibility index (Phi) is 4.29. The predicted molar refractivity (Wildman–Crippen MR) is 79.1 cm³/mol. The normalized spacial score (nSPS) is 11.4. The summed E-state index contributed by atoms with van der Waals surface area (Å²) < 4.78 is 39.7. The van der Waals surface area contributed by atoms with Crippen molar-refractivity contribution in [1.29, 1.82) is 0 Å². The number of aryl methyl sites for hydroxylation is 1. The molecular formula is C15H16FNO3S. The number of para-hydroxylation sites is 1. The van der Waals surface area contributed by atoms with Crippen LogP contribution >= 0.6 is 0 Å². The van der Waals surface area contributed by atoms with Crippen molar-refractivity contribution in [3.05, 3.63) is 59.4 Å². The lowest BCUT2D eigenvalue weighted by molar-refractivity contribution is 0.275. The van der Waals surface area contributed by atoms with E-state index in [4.69, 9.17) is 5.11 Å². The minimum Gasteiger partial charge on any atom is -0.392 e. The maximum Gasteiger partial charge on any atom is 0.264 e. The van der Waals surface area contributed by atoms with Crippen molar-refractivity contribution < 1.29 is 17.9 Å². The van der Waals surface area contributed by atoms with Crippen LogP contribution in [0.15, 0.2) is 47.4 Å². The number of halogens is 1. The second kappa shape index (κ2) is 5.83. The van der Waals surface area contributed by atoms with Gasteiger partial charge in [-0.2, -0.15) is 0 Å². The Morgan fingerprint density at radius 3 is 2.48 bits per heavy atom. The van der Waals surface area contributed by atoms with Crippen LogP contribution in [0.2, 0.25) is 0 Å². The van der Waals surface area contributed by atoms with Gasteiger partial charge in [0.1, 0.15) is 5.82 Å². The predicted octanol–water partition coefficient (Wildman–Crippen LogP) is 2.45. The number of aliphatic hydroxyl groups excluding tert-OH is 1. The molecule has 0 spiro atoms. The van der Waals surface area contributed by atoms with E-state index in [1.165, 1.54) is 13.1 Å². The van der Waals surface area contributed by atoms with Crippen molar-refractivity contribution in [2.24, 2.45) is 0 Å². The summed E-state index contributed by atoms with van der Waals surface area (Å²) in [5.41, 5.74) is 1.31. The van der Waals surface area contributed by atoms with Gasteiger partial charge < -0.3 is 5.11 Å². The van der Waals surface area contributed by atoms with Crippen LogP contribution in [0.25, 0.3) is 0 Å². The summed E-state index contributed by atoms with van der Waals surface area (Å²) >= 11 is 0. The third kappa shape index (κ3) is 2.91. The summed E-state index contributed by atoms with van der Waals surface area (Å²) in [6.45, 7) is 1.26. The number of hydrogen-bond donors (Lipinski definition) is 1. The molecule has 2 aromatic carbocycles. The fourth-order valence-corrected chi connectivity index (χ4v) is 3.35. The fourth-order valence-electron chi connectivity index (χ4n) is 2.04. The molecule has 0 aliphatic carbocycles. The molecule has 21 heavy (non-hydrogen) atoms. The molecular weight excluding hydrogens is 293 g/mol. The number of hydrogen-bond acceptors (Lipinski definition) is 3. The van der Waals surface area contributed by atoms with Crippen LogP contribution in [-0.4, -0.2) is 20.6 Å². The van der Waals surface area contributed by atoms with E-state index in [1.807, 2.05) is 19.1 Å². The first-order valence-electron chi connectivity index (χ1n) is 6.31. The highest BCUT2D eigenvalue weighted by atomic mass is 32.2. The Morgan fingerprint density at radius 2 is 1.86 bits per heavy atom. The molecule has 0 radical (unpaired) electrons. The van der Waals surface area contributed by atoms with E-state index in [1.54, 1.807) is 12.1 Å². The second-order valence-electron chi connectivity index (χ2n) is 4.67. The number of nitrogens with zero attached hydrogens (tertiary/aromatic N) is 1. The number of sulfonamides is 1. The zero-order valence-electron chi connectivity index (χ0n) is 11.7. The summed E-state index contributed by atoms with van der Waals surface area (Å²) in [7, 11) is -2.36. The molecule has 0 aliphatic heterocycles. The minimum absolute atomic E-state index is 0.0470. The summed E-state index contributed by atoms with van der Waals surface area (Å²) in [5.74, 6) is -0.630. The molecule has 2 aromatic rings. The first-order chi connectivity index (χ1) is 9.87. The lowest BCUT2D eigenvalue weighted by atomic mass is 10.2. The van der Waals surface area contributed by atoms with E-state index in [2.05, 4.69) is 0 Å². The Hall–Kier alpha value is -1.92. The number of aliphatic hydroxyl groups is 1. The van der Waals surface area contributed by atoms with Crippen LogP contribution in [-0.2, 0) is 16.6 Å². The van der Waals surface area contributed by atoms with Crippen LogP contribution < -0.4 is 4.31 Å². The lowest BCUT2D eigenvalue weighted by Crippen LogP contribution is -2.27. The lowest BCUT2D eigenvalue weighted by Gasteiger charge is -2.21. The number of anilines is 1. The SMILES string of the molecule is Cc1ccccc1N(C)S(=O)(=O)c1ccc(F)c(CO)c1. The smallest absolute Gasteiger partial charge is 0.264 e. The Bertz CT molecular complexity index is 759. The molecule has 4 nitrogen and oxygen atoms in total. The molecule has 0 aromatic heterocycles. The molecule has 0 saturated carbocycles. The van der Waals surface area contributed by atoms with Crippen LogP contribution in [0.4, 0.5) is 10.1 Å². The third-order valence-electron chi connectivity index (χ3n) is 3.30. The van der Waals surface area contributed by atoms with Gasteiger partial charge in [0.05, 0.1) is 17.2 Å². The Morgan fingerprint density at radius 1 is 1.19 bits per heavy atom. The maximum atomic E-state index is 13.4. The standard InChI is InChI=1S/C15H16FNO3S/c1-11-5-3-4-6-15(11)17(2)21(19,20)13-7-8-14(16)12(9-13)10-18/h3-9,18H,10H2,1-2H3. The van der Waals surface area contributed by atoms with Crippen molar-refractivity contribution in [2.45, 2.75) is 18.4 Å². The highest BCUT2D eigenvalue weighted by Crippen LogP contribution is 2.26. The van der Waals surface area contributed by atoms with Gasteiger partial charge in [0.15, 0.2) is 0 Å². The van der Waals surface area contributed by atoms with Gasteiger partial charge in [-0.15, -0.1) is 0 Å². The molecule has 0 unspecified atom stereocenters. The molecule has 2 rings (SSSR count). The summed E-state index contributed by atoms with van der Waals surface area (Å²) in [4.78, 5) is -0.0568. The molecule has 6 heteroatoms. The Balaban J connectivity index is 2.49. The topological polar surface area (TPSA) is 57.6 Å². The van der Waals surface area contributed by atoms with Gasteiger partial charge in [-0.05, 0) is 36.8 Å². The zero-order chi connectivity index (χ0) is 15.6. The van der Waals surface area contributed by atoms with E-state index in [9.17, 15) is 12.8 Å². The number of benzene rings is 2. The van der Waals surface area contributed by atoms with Crippen molar-refractivity contribution in [2.75, 3.05) is 11.4 Å². The van der Waals surface area contributed by atoms with Crippen molar-refractivity contribution in [1.82, 2.24) is 0 Å². The van der Waals surface area contributed by atoms with E-state index in [0.717, 1.165) is 22.0 Å². The minimum atomic E-state index is -3.81. The quantitative estimate of drug-likeness (QED) is 0.944. The van der Waals surface area contributed by atoms with Crippen LogP contribution in [0.3, 0.4) is 0 Å². The zero-order valence-corrected chi connectivity index (χ0v) is 12.6. The van der Waals surface area contributed by atoms with Crippen LogP contribution in [0.5, 0.6) is 0 Å². The third-order valence-corrected chi connectivity index (χ3v) is 5.07. The summed E-state index contributed by atoms with van der Waals surface area (Å²) in [5, 5.41) is 9.06. The van der Waals surface area contributed by atoms with Gasteiger partial charge in [0.2, 0.25) is 0 Å². The summed E-state index contributed by atoms with van der Waals surface area (Å²) in [6.07, 6.45) is 0. The van der Waals surface area contributed by atoms with Crippen LogP contribution in [0, 0.1) is 12.7 Å². The second-order valence-corrected chi connectivity index (χ2v) is 6.64. The molecule has 0 saturated heterocycles. The van der Waals surface area contributed by atoms with E-state index in [-0.39, 0.29) is 10.5 Å². The van der Waals surface area contributed by atoms with E-state index < -0.39 is 22.4 Å². The first kappa shape index (κ1) is 15.5. The first-order valence-corrected chi connectivity index (χ1v) is 7.76. The van der Waals surface area contributed by atoms with Gasteiger partial charge in [-0.25, -0.2) is 12.8 Å². The molecule has 1 N–H and O–H groups in total. The average molecular weight is 309 g/mol. The molecule has 112 valence electrons. The van der Waals surface area contributed by atoms with Crippen LogP contribution in [0.1, 0.15) is 11.1 Å². The molecule has 0 atom stereocenters. The van der Waals surface area contributed by atoms with Gasteiger partial charge in [0, 0.05) is 12.6 Å². The monoisotopic (exact) mass is 309 g/mol. The molecule has 0 fully saturated rings. The summed E-state index contributed by atoms with van der Waals surface area (Å²) in [6, 6.07) is 10.5. The highest BCUT2D eigenvalue weighted by molar-refractivity contribution is 7.92. The molecule has 0 bridgehead atoms. The largest absolute Gasteiger partial charge is 0.392 e. The van der Waals surface area contributed by atoms with E-state index >= 15 is 0 Å². The maximum absolute atomic E-state index is 13.4. The van der Waals surface area contributed by atoms with Gasteiger partial charge in [0.25, 0.3) is 10.0 Å². The van der Waals surface area contributed by atoms with Gasteiger partial charge in [-0.1, -0.05) is 18.2 Å². The van der Waals surface area contributed by atoms with Crippen molar-refractivity contribution in [3.63, 3.8) is 0 Å². The molecule has 0 amide bonds.